The maximum atomic E-state index is 11.9. The summed E-state index contributed by atoms with van der Waals surface area (Å²) < 4.78 is 0. The van der Waals surface area contributed by atoms with Crippen molar-refractivity contribution in [3.8, 4) is 0 Å². The lowest BCUT2D eigenvalue weighted by Crippen LogP contribution is -2.40. The van der Waals surface area contributed by atoms with Crippen LogP contribution < -0.4 is 5.32 Å². The number of nitrogens with one attached hydrogen (secondary N) is 1. The fourth-order valence-corrected chi connectivity index (χ4v) is 2.67. The van der Waals surface area contributed by atoms with E-state index in [1.807, 2.05) is 4.90 Å². The number of likely N-dealkylation sites (N-methyl/N-ethyl adjacent to an activating group) is 1. The third kappa shape index (κ3) is 2.74. The molecule has 0 bridgehead atoms. The summed E-state index contributed by atoms with van der Waals surface area (Å²) in [6, 6.07) is 0.0866. The van der Waals surface area contributed by atoms with Gasteiger partial charge in [0, 0.05) is 19.6 Å². The summed E-state index contributed by atoms with van der Waals surface area (Å²) in [4.78, 5) is 16.4. The molecule has 0 saturated carbocycles. The highest BCUT2D eigenvalue weighted by Gasteiger charge is 2.30. The maximum absolute atomic E-state index is 11.9. The zero-order valence-corrected chi connectivity index (χ0v) is 10.2. The topological polar surface area (TPSA) is 35.6 Å². The standard InChI is InChI=1S/C12H23N3O/c1-2-13-11-5-8-15(12(11)16)10-9-14-6-3-4-7-14/h11,13H,2-10H2,1H3. The van der Waals surface area contributed by atoms with Crippen molar-refractivity contribution in [1.29, 1.82) is 0 Å². The van der Waals surface area contributed by atoms with Gasteiger partial charge in [-0.05, 0) is 38.9 Å². The van der Waals surface area contributed by atoms with Gasteiger partial charge < -0.3 is 15.1 Å². The van der Waals surface area contributed by atoms with Gasteiger partial charge in [0.1, 0.15) is 0 Å². The molecule has 1 atom stereocenters. The van der Waals surface area contributed by atoms with E-state index in [2.05, 4.69) is 17.1 Å². The lowest BCUT2D eigenvalue weighted by atomic mass is 10.2. The van der Waals surface area contributed by atoms with Gasteiger partial charge in [-0.25, -0.2) is 0 Å². The molecule has 2 heterocycles. The first-order valence-corrected chi connectivity index (χ1v) is 6.56. The van der Waals surface area contributed by atoms with E-state index >= 15 is 0 Å². The Balaban J connectivity index is 1.72. The molecule has 2 aliphatic rings. The molecule has 1 amide bonds. The molecule has 0 aromatic rings. The van der Waals surface area contributed by atoms with Crippen LogP contribution >= 0.6 is 0 Å². The Morgan fingerprint density at radius 1 is 1.25 bits per heavy atom. The highest BCUT2D eigenvalue weighted by atomic mass is 16.2. The summed E-state index contributed by atoms with van der Waals surface area (Å²) in [5.74, 6) is 0.307. The zero-order valence-electron chi connectivity index (χ0n) is 10.2. The largest absolute Gasteiger partial charge is 0.340 e. The lowest BCUT2D eigenvalue weighted by molar-refractivity contribution is -0.129. The number of likely N-dealkylation sites (tertiary alicyclic amines) is 2. The number of carbonyl (C=O) groups excluding carboxylic acids is 1. The predicted molar refractivity (Wildman–Crippen MR) is 64.3 cm³/mol. The van der Waals surface area contributed by atoms with Gasteiger partial charge in [-0.1, -0.05) is 6.92 Å². The van der Waals surface area contributed by atoms with Gasteiger partial charge in [0.2, 0.25) is 5.91 Å². The second-order valence-corrected chi connectivity index (χ2v) is 4.77. The Morgan fingerprint density at radius 2 is 2.00 bits per heavy atom. The molecule has 92 valence electrons. The van der Waals surface area contributed by atoms with E-state index < -0.39 is 0 Å². The molecular formula is C12H23N3O. The summed E-state index contributed by atoms with van der Waals surface area (Å²) in [5.41, 5.74) is 0. The molecule has 2 rings (SSSR count). The van der Waals surface area contributed by atoms with E-state index in [0.717, 1.165) is 32.6 Å². The molecule has 0 spiro atoms. The molecule has 0 aromatic heterocycles. The minimum Gasteiger partial charge on any atom is -0.340 e. The first kappa shape index (κ1) is 11.9. The van der Waals surface area contributed by atoms with Crippen molar-refractivity contribution in [2.75, 3.05) is 39.3 Å². The number of hydrogen-bond acceptors (Lipinski definition) is 3. The zero-order chi connectivity index (χ0) is 11.4. The van der Waals surface area contributed by atoms with Crippen molar-refractivity contribution >= 4 is 5.91 Å². The van der Waals surface area contributed by atoms with Gasteiger partial charge in [-0.3, -0.25) is 4.79 Å². The average molecular weight is 225 g/mol. The van der Waals surface area contributed by atoms with E-state index in [4.69, 9.17) is 0 Å². The van der Waals surface area contributed by atoms with Crippen molar-refractivity contribution in [1.82, 2.24) is 15.1 Å². The van der Waals surface area contributed by atoms with Crippen LogP contribution in [0.4, 0.5) is 0 Å². The number of hydrogen-bond donors (Lipinski definition) is 1. The highest BCUT2D eigenvalue weighted by molar-refractivity contribution is 5.83. The van der Waals surface area contributed by atoms with Crippen molar-refractivity contribution < 1.29 is 4.79 Å². The normalized spacial score (nSPS) is 26.9. The van der Waals surface area contributed by atoms with Crippen molar-refractivity contribution in [2.24, 2.45) is 0 Å². The second-order valence-electron chi connectivity index (χ2n) is 4.77. The van der Waals surface area contributed by atoms with E-state index in [-0.39, 0.29) is 6.04 Å². The molecule has 0 aliphatic carbocycles. The monoisotopic (exact) mass is 225 g/mol. The van der Waals surface area contributed by atoms with Crippen molar-refractivity contribution in [2.45, 2.75) is 32.2 Å². The van der Waals surface area contributed by atoms with E-state index in [0.29, 0.717) is 5.91 Å². The summed E-state index contributed by atoms with van der Waals surface area (Å²) in [6.45, 7) is 8.30. The first-order chi connectivity index (χ1) is 7.81. The molecule has 0 aromatic carbocycles. The smallest absolute Gasteiger partial charge is 0.239 e. The minimum absolute atomic E-state index is 0.0866. The quantitative estimate of drug-likeness (QED) is 0.730. The second kappa shape index (κ2) is 5.64. The van der Waals surface area contributed by atoms with Crippen LogP contribution in [0, 0.1) is 0 Å². The molecule has 0 radical (unpaired) electrons. The van der Waals surface area contributed by atoms with Gasteiger partial charge in [-0.2, -0.15) is 0 Å². The molecule has 2 aliphatic heterocycles. The summed E-state index contributed by atoms with van der Waals surface area (Å²) >= 11 is 0. The molecule has 4 heteroatoms. The lowest BCUT2D eigenvalue weighted by Gasteiger charge is -2.21. The number of amides is 1. The van der Waals surface area contributed by atoms with E-state index in [9.17, 15) is 4.79 Å². The van der Waals surface area contributed by atoms with Crippen LogP contribution in [0.2, 0.25) is 0 Å². The number of nitrogens with zero attached hydrogens (tertiary/aromatic N) is 2. The van der Waals surface area contributed by atoms with Gasteiger partial charge in [-0.15, -0.1) is 0 Å². The summed E-state index contributed by atoms with van der Waals surface area (Å²) in [6.07, 6.45) is 3.63. The van der Waals surface area contributed by atoms with E-state index in [1.165, 1.54) is 25.9 Å². The number of carbonyl (C=O) groups is 1. The molecule has 2 fully saturated rings. The fraction of sp³-hybridized carbons (Fsp3) is 0.917. The van der Waals surface area contributed by atoms with E-state index in [1.54, 1.807) is 0 Å². The van der Waals surface area contributed by atoms with Crippen LogP contribution in [0.1, 0.15) is 26.2 Å². The Hall–Kier alpha value is -0.610. The van der Waals surface area contributed by atoms with Gasteiger partial charge in [0.15, 0.2) is 0 Å². The fourth-order valence-electron chi connectivity index (χ4n) is 2.67. The summed E-state index contributed by atoms with van der Waals surface area (Å²) in [7, 11) is 0. The third-order valence-electron chi connectivity index (χ3n) is 3.63. The Kier molecular flexibility index (Phi) is 4.18. The Labute approximate surface area is 98.0 Å². The molecule has 4 nitrogen and oxygen atoms in total. The molecule has 16 heavy (non-hydrogen) atoms. The Bertz CT molecular complexity index is 238. The van der Waals surface area contributed by atoms with Crippen LogP contribution in [0.3, 0.4) is 0 Å². The van der Waals surface area contributed by atoms with Crippen molar-refractivity contribution in [3.63, 3.8) is 0 Å². The van der Waals surface area contributed by atoms with Gasteiger partial charge >= 0.3 is 0 Å². The van der Waals surface area contributed by atoms with Crippen LogP contribution in [-0.4, -0.2) is 61.0 Å². The SMILES string of the molecule is CCNC1CCN(CCN2CCCC2)C1=O. The predicted octanol–water partition coefficient (Wildman–Crippen LogP) is 0.293. The summed E-state index contributed by atoms with van der Waals surface area (Å²) in [5, 5.41) is 3.25. The third-order valence-corrected chi connectivity index (χ3v) is 3.63. The van der Waals surface area contributed by atoms with Gasteiger partial charge in [0.05, 0.1) is 6.04 Å². The average Bonchev–Trinajstić information content (AvgIpc) is 2.89. The van der Waals surface area contributed by atoms with Crippen LogP contribution in [0.5, 0.6) is 0 Å². The first-order valence-electron chi connectivity index (χ1n) is 6.56. The molecule has 1 unspecified atom stereocenters. The molecular weight excluding hydrogens is 202 g/mol. The molecule has 2 saturated heterocycles. The van der Waals surface area contributed by atoms with Crippen LogP contribution in [0.25, 0.3) is 0 Å². The Morgan fingerprint density at radius 3 is 2.69 bits per heavy atom. The van der Waals surface area contributed by atoms with Crippen LogP contribution in [-0.2, 0) is 4.79 Å². The molecule has 1 N–H and O–H groups in total. The number of rotatable bonds is 5. The van der Waals surface area contributed by atoms with Crippen LogP contribution in [0.15, 0.2) is 0 Å². The van der Waals surface area contributed by atoms with Gasteiger partial charge in [0.25, 0.3) is 0 Å². The van der Waals surface area contributed by atoms with Crippen molar-refractivity contribution in [3.05, 3.63) is 0 Å². The highest BCUT2D eigenvalue weighted by Crippen LogP contribution is 2.12. The minimum atomic E-state index is 0.0866. The maximum Gasteiger partial charge on any atom is 0.239 e.